The molecule has 0 spiro atoms. The van der Waals surface area contributed by atoms with E-state index in [9.17, 15) is 4.79 Å². The third-order valence-electron chi connectivity index (χ3n) is 2.93. The summed E-state index contributed by atoms with van der Waals surface area (Å²) in [4.78, 5) is 10.7. The number of anilines is 1. The topological polar surface area (TPSA) is 49.3 Å². The molecule has 1 aliphatic carbocycles. The summed E-state index contributed by atoms with van der Waals surface area (Å²) in [5.74, 6) is -0.878. The van der Waals surface area contributed by atoms with Gasteiger partial charge in [-0.05, 0) is 36.5 Å². The first kappa shape index (κ1) is 10.0. The van der Waals surface area contributed by atoms with E-state index in [0.29, 0.717) is 11.0 Å². The fourth-order valence-electron chi connectivity index (χ4n) is 1.47. The maximum atomic E-state index is 10.7. The van der Waals surface area contributed by atoms with Gasteiger partial charge in [0, 0.05) is 12.2 Å². The number of rotatable bonds is 4. The predicted molar refractivity (Wildman–Crippen MR) is 59.2 cm³/mol. The van der Waals surface area contributed by atoms with Gasteiger partial charge in [-0.25, -0.2) is 4.79 Å². The Bertz CT molecular complexity index is 383. The lowest BCUT2D eigenvalue weighted by atomic mass is 10.1. The van der Waals surface area contributed by atoms with Crippen molar-refractivity contribution in [2.45, 2.75) is 19.8 Å². The largest absolute Gasteiger partial charge is 0.478 e. The molecule has 0 atom stereocenters. The monoisotopic (exact) mass is 205 g/mol. The molecule has 3 nitrogen and oxygen atoms in total. The Morgan fingerprint density at radius 1 is 1.53 bits per heavy atom. The lowest BCUT2D eigenvalue weighted by Crippen LogP contribution is -2.12. The van der Waals surface area contributed by atoms with Crippen LogP contribution < -0.4 is 5.32 Å². The average molecular weight is 205 g/mol. The highest BCUT2D eigenvalue weighted by Crippen LogP contribution is 2.44. The number of aromatic carboxylic acids is 1. The molecule has 0 radical (unpaired) electrons. The van der Waals surface area contributed by atoms with Gasteiger partial charge in [-0.15, -0.1) is 0 Å². The van der Waals surface area contributed by atoms with Gasteiger partial charge in [0.15, 0.2) is 0 Å². The molecule has 1 aliphatic rings. The molecule has 0 bridgehead atoms. The highest BCUT2D eigenvalue weighted by atomic mass is 16.4. The van der Waals surface area contributed by atoms with Crippen LogP contribution in [0.1, 0.15) is 30.1 Å². The lowest BCUT2D eigenvalue weighted by molar-refractivity contribution is 0.0697. The Hall–Kier alpha value is -1.51. The molecule has 2 rings (SSSR count). The van der Waals surface area contributed by atoms with Crippen molar-refractivity contribution in [1.82, 2.24) is 0 Å². The molecule has 0 aliphatic heterocycles. The van der Waals surface area contributed by atoms with Crippen molar-refractivity contribution >= 4 is 11.7 Å². The van der Waals surface area contributed by atoms with Gasteiger partial charge in [-0.3, -0.25) is 0 Å². The molecular weight excluding hydrogens is 190 g/mol. The minimum Gasteiger partial charge on any atom is -0.478 e. The quantitative estimate of drug-likeness (QED) is 0.794. The second-order valence-electron chi connectivity index (χ2n) is 4.55. The van der Waals surface area contributed by atoms with Crippen LogP contribution in [0.15, 0.2) is 24.3 Å². The molecule has 2 N–H and O–H groups in total. The highest BCUT2D eigenvalue weighted by molar-refractivity contribution is 5.88. The Labute approximate surface area is 89.1 Å². The molecule has 0 saturated heterocycles. The first-order chi connectivity index (χ1) is 7.09. The molecular formula is C12H15NO2. The van der Waals surface area contributed by atoms with Crippen molar-refractivity contribution in [3.05, 3.63) is 29.8 Å². The van der Waals surface area contributed by atoms with E-state index in [0.717, 1.165) is 12.2 Å². The van der Waals surface area contributed by atoms with Gasteiger partial charge >= 0.3 is 5.97 Å². The fraction of sp³-hybridized carbons (Fsp3) is 0.417. The van der Waals surface area contributed by atoms with Crippen LogP contribution in [0, 0.1) is 5.41 Å². The van der Waals surface area contributed by atoms with Crippen LogP contribution in [0.2, 0.25) is 0 Å². The Morgan fingerprint density at radius 2 is 2.27 bits per heavy atom. The summed E-state index contributed by atoms with van der Waals surface area (Å²) in [6.07, 6.45) is 2.53. The summed E-state index contributed by atoms with van der Waals surface area (Å²) in [7, 11) is 0. The van der Waals surface area contributed by atoms with E-state index in [2.05, 4.69) is 12.2 Å². The average Bonchev–Trinajstić information content (AvgIpc) is 2.95. The normalized spacial score (nSPS) is 17.1. The number of hydrogen-bond donors (Lipinski definition) is 2. The van der Waals surface area contributed by atoms with Crippen LogP contribution in [0.4, 0.5) is 5.69 Å². The first-order valence-corrected chi connectivity index (χ1v) is 5.16. The minimum absolute atomic E-state index is 0.334. The summed E-state index contributed by atoms with van der Waals surface area (Å²) < 4.78 is 0. The predicted octanol–water partition coefficient (Wildman–Crippen LogP) is 2.60. The minimum atomic E-state index is -0.878. The third-order valence-corrected chi connectivity index (χ3v) is 2.93. The summed E-state index contributed by atoms with van der Waals surface area (Å²) >= 11 is 0. The van der Waals surface area contributed by atoms with Crippen LogP contribution in [0.3, 0.4) is 0 Å². The molecule has 0 amide bonds. The van der Waals surface area contributed by atoms with Crippen molar-refractivity contribution in [2.75, 3.05) is 11.9 Å². The molecule has 80 valence electrons. The van der Waals surface area contributed by atoms with Crippen molar-refractivity contribution in [1.29, 1.82) is 0 Å². The Morgan fingerprint density at radius 3 is 2.87 bits per heavy atom. The zero-order valence-electron chi connectivity index (χ0n) is 8.79. The van der Waals surface area contributed by atoms with E-state index < -0.39 is 5.97 Å². The second kappa shape index (κ2) is 3.57. The molecule has 0 heterocycles. The van der Waals surface area contributed by atoms with E-state index in [1.807, 2.05) is 6.07 Å². The van der Waals surface area contributed by atoms with Gasteiger partial charge < -0.3 is 10.4 Å². The van der Waals surface area contributed by atoms with Crippen molar-refractivity contribution in [3.8, 4) is 0 Å². The summed E-state index contributed by atoms with van der Waals surface area (Å²) in [5.41, 5.74) is 1.66. The van der Waals surface area contributed by atoms with E-state index in [4.69, 9.17) is 5.11 Å². The van der Waals surface area contributed by atoms with Crippen LogP contribution in [0.5, 0.6) is 0 Å². The number of nitrogens with one attached hydrogen (secondary N) is 1. The molecule has 0 unspecified atom stereocenters. The SMILES string of the molecule is CC1(CNc2cccc(C(=O)O)c2)CC1. The number of carbonyl (C=O) groups is 1. The zero-order valence-corrected chi connectivity index (χ0v) is 8.79. The van der Waals surface area contributed by atoms with Gasteiger partial charge in [0.1, 0.15) is 0 Å². The van der Waals surface area contributed by atoms with Crippen LogP contribution in [0.25, 0.3) is 0 Å². The maximum absolute atomic E-state index is 10.7. The molecule has 1 aromatic carbocycles. The van der Waals surface area contributed by atoms with Gasteiger partial charge in [0.25, 0.3) is 0 Å². The summed E-state index contributed by atoms with van der Waals surface area (Å²) in [6, 6.07) is 6.94. The van der Waals surface area contributed by atoms with Crippen molar-refractivity contribution < 1.29 is 9.90 Å². The zero-order chi connectivity index (χ0) is 10.9. The van der Waals surface area contributed by atoms with Crippen LogP contribution >= 0.6 is 0 Å². The van der Waals surface area contributed by atoms with Crippen LogP contribution in [-0.2, 0) is 0 Å². The van der Waals surface area contributed by atoms with Gasteiger partial charge in [0.05, 0.1) is 5.56 Å². The van der Waals surface area contributed by atoms with Gasteiger partial charge in [0.2, 0.25) is 0 Å². The van der Waals surface area contributed by atoms with Gasteiger partial charge in [-0.1, -0.05) is 13.0 Å². The highest BCUT2D eigenvalue weighted by Gasteiger charge is 2.36. The Balaban J connectivity index is 2.01. The standard InChI is InChI=1S/C12H15NO2/c1-12(5-6-12)8-13-10-4-2-3-9(7-10)11(14)15/h2-4,7,13H,5-6,8H2,1H3,(H,14,15). The molecule has 1 aromatic rings. The van der Waals surface area contributed by atoms with Crippen molar-refractivity contribution in [3.63, 3.8) is 0 Å². The molecule has 0 aromatic heterocycles. The van der Waals surface area contributed by atoms with E-state index in [1.54, 1.807) is 18.2 Å². The molecule has 1 fully saturated rings. The molecule has 1 saturated carbocycles. The maximum Gasteiger partial charge on any atom is 0.335 e. The van der Waals surface area contributed by atoms with Crippen molar-refractivity contribution in [2.24, 2.45) is 5.41 Å². The third kappa shape index (κ3) is 2.49. The smallest absolute Gasteiger partial charge is 0.335 e. The number of benzene rings is 1. The van der Waals surface area contributed by atoms with E-state index in [1.165, 1.54) is 12.8 Å². The van der Waals surface area contributed by atoms with Crippen LogP contribution in [-0.4, -0.2) is 17.6 Å². The first-order valence-electron chi connectivity index (χ1n) is 5.16. The number of carboxylic acid groups (broad SMARTS) is 1. The van der Waals surface area contributed by atoms with E-state index in [-0.39, 0.29) is 0 Å². The van der Waals surface area contributed by atoms with E-state index >= 15 is 0 Å². The number of carboxylic acids is 1. The Kier molecular flexibility index (Phi) is 2.39. The molecule has 15 heavy (non-hydrogen) atoms. The number of hydrogen-bond acceptors (Lipinski definition) is 2. The second-order valence-corrected chi connectivity index (χ2v) is 4.55. The fourth-order valence-corrected chi connectivity index (χ4v) is 1.47. The van der Waals surface area contributed by atoms with Gasteiger partial charge in [-0.2, -0.15) is 0 Å². The summed E-state index contributed by atoms with van der Waals surface area (Å²) in [6.45, 7) is 3.16. The summed E-state index contributed by atoms with van der Waals surface area (Å²) in [5, 5.41) is 12.1. The molecule has 3 heteroatoms. The lowest BCUT2D eigenvalue weighted by Gasteiger charge is -2.11.